The van der Waals surface area contributed by atoms with Gasteiger partial charge in [-0.2, -0.15) is 0 Å². The minimum absolute atomic E-state index is 0.135. The lowest BCUT2D eigenvalue weighted by molar-refractivity contribution is -0.113. The molecule has 0 saturated carbocycles. The van der Waals surface area contributed by atoms with Crippen LogP contribution in [0.5, 0.6) is 0 Å². The molecule has 1 amide bonds. The van der Waals surface area contributed by atoms with Crippen molar-refractivity contribution in [1.29, 1.82) is 0 Å². The van der Waals surface area contributed by atoms with E-state index in [1.165, 1.54) is 6.08 Å². The predicted molar refractivity (Wildman–Crippen MR) is 108 cm³/mol. The number of fused-ring (bicyclic) bond motifs is 1. The van der Waals surface area contributed by atoms with Crippen LogP contribution in [0.3, 0.4) is 0 Å². The summed E-state index contributed by atoms with van der Waals surface area (Å²) in [5.74, 6) is -0.295. The molecule has 0 aromatic heterocycles. The molecule has 0 bridgehead atoms. The SMILES string of the molecule is Cc1ccc2c(c1)C(=CC(=O)c1ccccc1)C(=O)N2Cc1ccccc1. The van der Waals surface area contributed by atoms with E-state index in [4.69, 9.17) is 0 Å². The van der Waals surface area contributed by atoms with E-state index in [9.17, 15) is 9.59 Å². The average molecular weight is 353 g/mol. The number of hydrogen-bond acceptors (Lipinski definition) is 2. The average Bonchev–Trinajstić information content (AvgIpc) is 2.94. The zero-order valence-corrected chi connectivity index (χ0v) is 15.1. The smallest absolute Gasteiger partial charge is 0.259 e. The van der Waals surface area contributed by atoms with E-state index in [-0.39, 0.29) is 11.7 Å². The van der Waals surface area contributed by atoms with Crippen LogP contribution in [0.1, 0.15) is 27.0 Å². The largest absolute Gasteiger partial charge is 0.303 e. The molecular weight excluding hydrogens is 334 g/mol. The summed E-state index contributed by atoms with van der Waals surface area (Å²) < 4.78 is 0. The maximum absolute atomic E-state index is 13.2. The van der Waals surface area contributed by atoms with E-state index < -0.39 is 0 Å². The Hall–Kier alpha value is -3.46. The minimum atomic E-state index is -0.159. The molecule has 4 rings (SSSR count). The molecule has 3 nitrogen and oxygen atoms in total. The van der Waals surface area contributed by atoms with E-state index in [2.05, 4.69) is 0 Å². The molecule has 0 spiro atoms. The van der Waals surface area contributed by atoms with Crippen LogP contribution in [-0.2, 0) is 11.3 Å². The highest BCUT2D eigenvalue weighted by molar-refractivity contribution is 6.35. The molecule has 3 aromatic carbocycles. The van der Waals surface area contributed by atoms with Crippen molar-refractivity contribution in [3.63, 3.8) is 0 Å². The standard InChI is InChI=1S/C24H19NO2/c1-17-12-13-22-20(14-17)21(15-23(26)19-10-6-3-7-11-19)24(27)25(22)16-18-8-4-2-5-9-18/h2-15H,16H2,1H3. The molecule has 1 heterocycles. The highest BCUT2D eigenvalue weighted by atomic mass is 16.2. The van der Waals surface area contributed by atoms with Crippen molar-refractivity contribution in [3.05, 3.63) is 107 Å². The van der Waals surface area contributed by atoms with Gasteiger partial charge in [0.05, 0.1) is 17.8 Å². The second kappa shape index (κ2) is 7.04. The molecule has 1 aliphatic heterocycles. The Bertz CT molecular complexity index is 1040. The number of benzene rings is 3. The maximum Gasteiger partial charge on any atom is 0.259 e. The molecular formula is C24H19NO2. The van der Waals surface area contributed by atoms with Crippen LogP contribution in [0.4, 0.5) is 5.69 Å². The topological polar surface area (TPSA) is 37.4 Å². The lowest BCUT2D eigenvalue weighted by atomic mass is 10.0. The number of hydrogen-bond donors (Lipinski definition) is 0. The third kappa shape index (κ3) is 3.32. The Morgan fingerprint density at radius 1 is 0.926 bits per heavy atom. The van der Waals surface area contributed by atoms with Crippen LogP contribution >= 0.6 is 0 Å². The molecule has 3 heteroatoms. The number of rotatable bonds is 4. The number of carbonyl (C=O) groups is 2. The first-order chi connectivity index (χ1) is 13.1. The second-order valence-corrected chi connectivity index (χ2v) is 6.69. The third-order valence-electron chi connectivity index (χ3n) is 4.73. The second-order valence-electron chi connectivity index (χ2n) is 6.69. The third-order valence-corrected chi connectivity index (χ3v) is 4.73. The van der Waals surface area contributed by atoms with Gasteiger partial charge in [0.15, 0.2) is 5.78 Å². The summed E-state index contributed by atoms with van der Waals surface area (Å²) in [6.07, 6.45) is 1.47. The van der Waals surface area contributed by atoms with E-state index in [0.29, 0.717) is 17.7 Å². The molecule has 0 atom stereocenters. The summed E-state index contributed by atoms with van der Waals surface area (Å²) in [4.78, 5) is 27.6. The zero-order valence-electron chi connectivity index (χ0n) is 15.1. The Labute approximate surface area is 158 Å². The number of amides is 1. The van der Waals surface area contributed by atoms with Gasteiger partial charge in [0.2, 0.25) is 0 Å². The van der Waals surface area contributed by atoms with Gasteiger partial charge < -0.3 is 4.90 Å². The van der Waals surface area contributed by atoms with E-state index in [1.54, 1.807) is 17.0 Å². The van der Waals surface area contributed by atoms with Crippen LogP contribution in [0.15, 0.2) is 84.9 Å². The van der Waals surface area contributed by atoms with Crippen molar-refractivity contribution in [2.75, 3.05) is 4.90 Å². The number of carbonyl (C=O) groups excluding carboxylic acids is 2. The van der Waals surface area contributed by atoms with Crippen LogP contribution in [0, 0.1) is 6.92 Å². The van der Waals surface area contributed by atoms with Crippen molar-refractivity contribution in [3.8, 4) is 0 Å². The summed E-state index contributed by atoms with van der Waals surface area (Å²) in [7, 11) is 0. The molecule has 1 aliphatic rings. The molecule has 0 fully saturated rings. The summed E-state index contributed by atoms with van der Waals surface area (Å²) in [5.41, 5.74) is 4.81. The van der Waals surface area contributed by atoms with Crippen molar-refractivity contribution >= 4 is 23.0 Å². The van der Waals surface area contributed by atoms with Crippen molar-refractivity contribution in [1.82, 2.24) is 0 Å². The first kappa shape index (κ1) is 17.0. The minimum Gasteiger partial charge on any atom is -0.303 e. The van der Waals surface area contributed by atoms with Gasteiger partial charge in [-0.25, -0.2) is 0 Å². The van der Waals surface area contributed by atoms with Gasteiger partial charge in [-0.15, -0.1) is 0 Å². The molecule has 132 valence electrons. The number of allylic oxidation sites excluding steroid dienone is 1. The fourth-order valence-corrected chi connectivity index (χ4v) is 3.35. The first-order valence-electron chi connectivity index (χ1n) is 8.91. The van der Waals surface area contributed by atoms with Gasteiger partial charge >= 0.3 is 0 Å². The van der Waals surface area contributed by atoms with Crippen LogP contribution < -0.4 is 4.90 Å². The van der Waals surface area contributed by atoms with Crippen molar-refractivity contribution in [2.24, 2.45) is 0 Å². The summed E-state index contributed by atoms with van der Waals surface area (Å²) in [6, 6.07) is 24.8. The van der Waals surface area contributed by atoms with Gasteiger partial charge in [0.1, 0.15) is 0 Å². The van der Waals surface area contributed by atoms with Crippen molar-refractivity contribution < 1.29 is 9.59 Å². The summed E-state index contributed by atoms with van der Waals surface area (Å²) >= 11 is 0. The molecule has 0 aliphatic carbocycles. The molecule has 0 N–H and O–H groups in total. The number of aryl methyl sites for hydroxylation is 1. The van der Waals surface area contributed by atoms with Crippen LogP contribution in [0.25, 0.3) is 5.57 Å². The highest BCUT2D eigenvalue weighted by Gasteiger charge is 2.33. The fraction of sp³-hybridized carbons (Fsp3) is 0.0833. The Balaban J connectivity index is 1.75. The zero-order chi connectivity index (χ0) is 18.8. The first-order valence-corrected chi connectivity index (χ1v) is 8.91. The lowest BCUT2D eigenvalue weighted by Gasteiger charge is -2.17. The number of anilines is 1. The number of ketones is 1. The molecule has 0 saturated heterocycles. The van der Waals surface area contributed by atoms with E-state index >= 15 is 0 Å². The summed E-state index contributed by atoms with van der Waals surface area (Å²) in [6.45, 7) is 2.47. The van der Waals surface area contributed by atoms with Gasteiger partial charge in [0.25, 0.3) is 5.91 Å². The quantitative estimate of drug-likeness (QED) is 0.499. The monoisotopic (exact) mass is 353 g/mol. The predicted octanol–water partition coefficient (Wildman–Crippen LogP) is 4.81. The summed E-state index contributed by atoms with van der Waals surface area (Å²) in [5, 5.41) is 0. The van der Waals surface area contributed by atoms with E-state index in [1.807, 2.05) is 73.7 Å². The Kier molecular flexibility index (Phi) is 4.43. The van der Waals surface area contributed by atoms with Gasteiger partial charge in [-0.05, 0) is 30.7 Å². The van der Waals surface area contributed by atoms with Crippen LogP contribution in [-0.4, -0.2) is 11.7 Å². The molecule has 0 unspecified atom stereocenters. The normalized spacial score (nSPS) is 14.5. The molecule has 27 heavy (non-hydrogen) atoms. The lowest BCUT2D eigenvalue weighted by Crippen LogP contribution is -2.25. The highest BCUT2D eigenvalue weighted by Crippen LogP contribution is 2.38. The van der Waals surface area contributed by atoms with Gasteiger partial charge in [0, 0.05) is 11.1 Å². The van der Waals surface area contributed by atoms with Gasteiger partial charge in [-0.3, -0.25) is 9.59 Å². The van der Waals surface area contributed by atoms with Crippen molar-refractivity contribution in [2.45, 2.75) is 13.5 Å². The fourth-order valence-electron chi connectivity index (χ4n) is 3.35. The Morgan fingerprint density at radius 3 is 2.30 bits per heavy atom. The van der Waals surface area contributed by atoms with Gasteiger partial charge in [-0.1, -0.05) is 72.3 Å². The molecule has 3 aromatic rings. The molecule has 0 radical (unpaired) electrons. The van der Waals surface area contributed by atoms with Crippen LogP contribution in [0.2, 0.25) is 0 Å². The number of nitrogens with zero attached hydrogens (tertiary/aromatic N) is 1. The Morgan fingerprint density at radius 2 is 1.59 bits per heavy atom. The van der Waals surface area contributed by atoms with E-state index in [0.717, 1.165) is 22.4 Å². The maximum atomic E-state index is 13.2.